The van der Waals surface area contributed by atoms with Crippen LogP contribution in [0.1, 0.15) is 26.3 Å². The Bertz CT molecular complexity index is 676. The lowest BCUT2D eigenvalue weighted by Crippen LogP contribution is -2.34. The molecule has 120 valence electrons. The van der Waals surface area contributed by atoms with Crippen molar-refractivity contribution in [1.82, 2.24) is 10.5 Å². The fourth-order valence-corrected chi connectivity index (χ4v) is 2.05. The highest BCUT2D eigenvalue weighted by Gasteiger charge is 2.17. The summed E-state index contributed by atoms with van der Waals surface area (Å²) >= 11 is 6.04. The van der Waals surface area contributed by atoms with Crippen LogP contribution in [0.2, 0.25) is 5.02 Å². The largest absolute Gasteiger partial charge is 0.473 e. The van der Waals surface area contributed by atoms with Crippen molar-refractivity contribution in [2.24, 2.45) is 0 Å². The molecule has 0 saturated heterocycles. The van der Waals surface area contributed by atoms with Gasteiger partial charge in [-0.1, -0.05) is 17.7 Å². The lowest BCUT2D eigenvalue weighted by molar-refractivity contribution is 0.0520. The number of halogens is 1. The number of aromatic nitrogens is 1. The molecule has 2 rings (SSSR count). The second kappa shape index (κ2) is 6.44. The number of nitrogens with one attached hydrogen (secondary N) is 1. The number of nitrogens with zero attached hydrogens (tertiary/aromatic N) is 1. The van der Waals surface area contributed by atoms with E-state index in [1.165, 1.54) is 0 Å². The minimum Gasteiger partial charge on any atom is -0.473 e. The molecule has 22 heavy (non-hydrogen) atoms. The van der Waals surface area contributed by atoms with Crippen LogP contribution in [0.25, 0.3) is 11.0 Å². The summed E-state index contributed by atoms with van der Waals surface area (Å²) in [5.41, 5.74) is 0.925. The molecule has 7 heteroatoms. The molecule has 0 aliphatic heterocycles. The lowest BCUT2D eigenvalue weighted by atomic mass is 10.1. The van der Waals surface area contributed by atoms with E-state index in [0.717, 1.165) is 10.9 Å². The van der Waals surface area contributed by atoms with Crippen molar-refractivity contribution in [1.29, 1.82) is 0 Å². The van der Waals surface area contributed by atoms with Crippen molar-refractivity contribution in [3.8, 4) is 5.88 Å². The molecular formula is C15H19ClN2O4. The van der Waals surface area contributed by atoms with Gasteiger partial charge in [0.1, 0.15) is 12.2 Å². The normalized spacial score (nSPS) is 11.5. The first-order valence-electron chi connectivity index (χ1n) is 6.92. The number of carbonyl (C=O) groups is 1. The highest BCUT2D eigenvalue weighted by atomic mass is 35.5. The zero-order valence-electron chi connectivity index (χ0n) is 13.0. The summed E-state index contributed by atoms with van der Waals surface area (Å²) in [5, 5.41) is 7.69. The number of carbonyl (C=O) groups excluding carboxylic acids is 1. The van der Waals surface area contributed by atoms with Crippen LogP contribution in [0.5, 0.6) is 5.88 Å². The second-order valence-electron chi connectivity index (χ2n) is 5.83. The van der Waals surface area contributed by atoms with Crippen LogP contribution in [-0.4, -0.2) is 30.0 Å². The third-order valence-electron chi connectivity index (χ3n) is 2.76. The first kappa shape index (κ1) is 16.4. The molecule has 0 radical (unpaired) electrons. The Labute approximate surface area is 133 Å². The van der Waals surface area contributed by atoms with Crippen LogP contribution in [0.3, 0.4) is 0 Å². The fraction of sp³-hybridized carbons (Fsp3) is 0.467. The van der Waals surface area contributed by atoms with Gasteiger partial charge in [0.15, 0.2) is 5.58 Å². The van der Waals surface area contributed by atoms with E-state index in [1.807, 2.05) is 13.0 Å². The third-order valence-corrected chi connectivity index (χ3v) is 3.06. The van der Waals surface area contributed by atoms with Crippen LogP contribution < -0.4 is 10.1 Å². The Balaban J connectivity index is 1.91. The number of fused-ring (bicyclic) bond motifs is 1. The molecule has 6 nitrogen and oxygen atoms in total. The van der Waals surface area contributed by atoms with Gasteiger partial charge in [-0.05, 0) is 44.5 Å². The Morgan fingerprint density at radius 1 is 1.41 bits per heavy atom. The van der Waals surface area contributed by atoms with Crippen molar-refractivity contribution in [2.75, 3.05) is 13.2 Å². The van der Waals surface area contributed by atoms with Gasteiger partial charge in [-0.2, -0.15) is 0 Å². The summed E-state index contributed by atoms with van der Waals surface area (Å²) in [6.45, 7) is 7.86. The smallest absolute Gasteiger partial charge is 0.407 e. The average Bonchev–Trinajstić information content (AvgIpc) is 2.82. The molecule has 0 unspecified atom stereocenters. The van der Waals surface area contributed by atoms with Crippen molar-refractivity contribution in [3.05, 3.63) is 22.7 Å². The monoisotopic (exact) mass is 326 g/mol. The summed E-state index contributed by atoms with van der Waals surface area (Å²) in [7, 11) is 0. The predicted octanol–water partition coefficient (Wildman–Crippen LogP) is 3.69. The molecule has 0 aliphatic rings. The molecule has 1 heterocycles. The quantitative estimate of drug-likeness (QED) is 0.867. The first-order valence-corrected chi connectivity index (χ1v) is 7.30. The standard InChI is InChI=1S/C15H19ClN2O4/c1-9-5-6-10(16)12-11(9)13(18-22-12)20-8-7-17-14(19)21-15(2,3)4/h5-6H,7-8H2,1-4H3,(H,17,19). The first-order chi connectivity index (χ1) is 10.3. The zero-order chi connectivity index (χ0) is 16.3. The number of hydrogen-bond donors (Lipinski definition) is 1. The second-order valence-corrected chi connectivity index (χ2v) is 6.24. The fourth-order valence-electron chi connectivity index (χ4n) is 1.86. The topological polar surface area (TPSA) is 73.6 Å². The molecule has 0 spiro atoms. The van der Waals surface area contributed by atoms with E-state index < -0.39 is 11.7 Å². The maximum atomic E-state index is 11.5. The van der Waals surface area contributed by atoms with E-state index in [0.29, 0.717) is 23.0 Å². The number of hydrogen-bond acceptors (Lipinski definition) is 5. The van der Waals surface area contributed by atoms with Crippen molar-refractivity contribution in [2.45, 2.75) is 33.3 Å². The van der Waals surface area contributed by atoms with Crippen LogP contribution in [0, 0.1) is 6.92 Å². The number of ether oxygens (including phenoxy) is 2. The van der Waals surface area contributed by atoms with Gasteiger partial charge in [-0.15, -0.1) is 0 Å². The molecule has 0 bridgehead atoms. The van der Waals surface area contributed by atoms with Crippen LogP contribution >= 0.6 is 11.6 Å². The Morgan fingerprint density at radius 2 is 2.14 bits per heavy atom. The van der Waals surface area contributed by atoms with E-state index in [4.69, 9.17) is 25.6 Å². The summed E-state index contributed by atoms with van der Waals surface area (Å²) in [6.07, 6.45) is -0.486. The minimum atomic E-state index is -0.527. The summed E-state index contributed by atoms with van der Waals surface area (Å²) in [6, 6.07) is 3.62. The van der Waals surface area contributed by atoms with Crippen molar-refractivity contribution >= 4 is 28.7 Å². The van der Waals surface area contributed by atoms with E-state index in [9.17, 15) is 4.79 Å². The van der Waals surface area contributed by atoms with Crippen molar-refractivity contribution < 1.29 is 18.8 Å². The summed E-state index contributed by atoms with van der Waals surface area (Å²) < 4.78 is 15.9. The maximum absolute atomic E-state index is 11.5. The number of amides is 1. The SMILES string of the molecule is Cc1ccc(Cl)c2onc(OCCNC(=O)OC(C)(C)C)c12. The summed E-state index contributed by atoms with van der Waals surface area (Å²) in [5.74, 6) is 0.362. The van der Waals surface area contributed by atoms with Gasteiger partial charge >= 0.3 is 6.09 Å². The van der Waals surface area contributed by atoms with Gasteiger partial charge in [0.25, 0.3) is 5.88 Å². The molecule has 0 aliphatic carbocycles. The Hall–Kier alpha value is -1.95. The number of benzene rings is 1. The van der Waals surface area contributed by atoms with Crippen LogP contribution in [-0.2, 0) is 4.74 Å². The molecule has 0 atom stereocenters. The van der Waals surface area contributed by atoms with Gasteiger partial charge in [-0.3, -0.25) is 0 Å². The molecule has 0 fully saturated rings. The van der Waals surface area contributed by atoms with Crippen LogP contribution in [0.15, 0.2) is 16.7 Å². The van der Waals surface area contributed by atoms with Crippen LogP contribution in [0.4, 0.5) is 4.79 Å². The Kier molecular flexibility index (Phi) is 4.81. The molecule has 0 saturated carbocycles. The third kappa shape index (κ3) is 4.04. The van der Waals surface area contributed by atoms with Gasteiger partial charge in [0, 0.05) is 0 Å². The van der Waals surface area contributed by atoms with Gasteiger partial charge in [0.05, 0.1) is 17.0 Å². The highest BCUT2D eigenvalue weighted by molar-refractivity contribution is 6.35. The van der Waals surface area contributed by atoms with Gasteiger partial charge in [0.2, 0.25) is 0 Å². The molecule has 2 aromatic rings. The zero-order valence-corrected chi connectivity index (χ0v) is 13.8. The van der Waals surface area contributed by atoms with E-state index in [2.05, 4.69) is 10.5 Å². The molecule has 1 aromatic carbocycles. The van der Waals surface area contributed by atoms with E-state index in [-0.39, 0.29) is 6.61 Å². The number of rotatable bonds is 4. The lowest BCUT2D eigenvalue weighted by Gasteiger charge is -2.19. The number of alkyl carbamates (subject to hydrolysis) is 1. The number of aryl methyl sites for hydroxylation is 1. The van der Waals surface area contributed by atoms with E-state index in [1.54, 1.807) is 26.8 Å². The van der Waals surface area contributed by atoms with E-state index >= 15 is 0 Å². The molecule has 1 aromatic heterocycles. The molecular weight excluding hydrogens is 308 g/mol. The van der Waals surface area contributed by atoms with Gasteiger partial charge < -0.3 is 19.3 Å². The molecule has 1 N–H and O–H groups in total. The summed E-state index contributed by atoms with van der Waals surface area (Å²) in [4.78, 5) is 11.5. The Morgan fingerprint density at radius 3 is 2.82 bits per heavy atom. The molecule has 1 amide bonds. The average molecular weight is 327 g/mol. The maximum Gasteiger partial charge on any atom is 0.407 e. The van der Waals surface area contributed by atoms with Crippen molar-refractivity contribution in [3.63, 3.8) is 0 Å². The highest BCUT2D eigenvalue weighted by Crippen LogP contribution is 2.32. The van der Waals surface area contributed by atoms with Gasteiger partial charge in [-0.25, -0.2) is 4.79 Å². The predicted molar refractivity (Wildman–Crippen MR) is 83.5 cm³/mol. The minimum absolute atomic E-state index is 0.243.